The molecule has 5 heteroatoms. The lowest BCUT2D eigenvalue weighted by molar-refractivity contribution is 0.281. The van der Waals surface area contributed by atoms with Crippen molar-refractivity contribution in [3.8, 4) is 0 Å². The monoisotopic (exact) mass is 342 g/mol. The van der Waals surface area contributed by atoms with Gasteiger partial charge in [0, 0.05) is 6.61 Å². The summed E-state index contributed by atoms with van der Waals surface area (Å²) in [5.74, 6) is 0.191. The zero-order chi connectivity index (χ0) is 17.0. The third-order valence-electron chi connectivity index (χ3n) is 4.46. The summed E-state index contributed by atoms with van der Waals surface area (Å²) < 4.78 is 30.5. The average molecular weight is 343 g/mol. The van der Waals surface area contributed by atoms with E-state index in [4.69, 9.17) is 4.43 Å². The van der Waals surface area contributed by atoms with E-state index in [0.717, 1.165) is 12.0 Å². The van der Waals surface area contributed by atoms with Gasteiger partial charge in [0.15, 0.2) is 18.2 Å². The van der Waals surface area contributed by atoms with Gasteiger partial charge in [-0.25, -0.2) is 8.42 Å². The van der Waals surface area contributed by atoms with E-state index in [9.17, 15) is 8.42 Å². The maximum Gasteiger partial charge on any atom is 0.191 e. The zero-order valence-corrected chi connectivity index (χ0v) is 16.6. The molecule has 0 radical (unpaired) electrons. The highest BCUT2D eigenvalue weighted by molar-refractivity contribution is 7.91. The number of unbranched alkanes of at least 4 members (excludes halogenated alkanes) is 1. The molecule has 126 valence electrons. The second-order valence-electron chi connectivity index (χ2n) is 7.45. The fraction of sp³-hybridized carbons (Fsp3) is 0.647. The first-order valence-corrected chi connectivity index (χ1v) is 12.5. The quantitative estimate of drug-likeness (QED) is 0.538. The molecule has 0 amide bonds. The van der Waals surface area contributed by atoms with Crippen LogP contribution in [0.25, 0.3) is 0 Å². The number of sulfone groups is 1. The fourth-order valence-electron chi connectivity index (χ4n) is 1.80. The minimum Gasteiger partial charge on any atom is -0.417 e. The van der Waals surface area contributed by atoms with Gasteiger partial charge in [-0.1, -0.05) is 38.5 Å². The molecule has 0 fully saturated rings. The van der Waals surface area contributed by atoms with Crippen LogP contribution in [0.1, 0.15) is 39.2 Å². The second kappa shape index (κ2) is 7.28. The van der Waals surface area contributed by atoms with Crippen molar-refractivity contribution in [2.75, 3.05) is 12.4 Å². The maximum atomic E-state index is 12.2. The van der Waals surface area contributed by atoms with Gasteiger partial charge in [-0.2, -0.15) is 0 Å². The van der Waals surface area contributed by atoms with Crippen molar-refractivity contribution in [2.45, 2.75) is 63.6 Å². The Bertz CT molecular complexity index is 569. The largest absolute Gasteiger partial charge is 0.417 e. The lowest BCUT2D eigenvalue weighted by atomic mass is 10.2. The highest BCUT2D eigenvalue weighted by Gasteiger charge is 2.36. The molecule has 1 rings (SSSR count). The van der Waals surface area contributed by atoms with E-state index >= 15 is 0 Å². The summed E-state index contributed by atoms with van der Waals surface area (Å²) in [6.45, 7) is 13.7. The molecule has 3 nitrogen and oxygen atoms in total. The molecule has 1 aromatic carbocycles. The molecule has 0 unspecified atom stereocenters. The zero-order valence-electron chi connectivity index (χ0n) is 14.8. The maximum absolute atomic E-state index is 12.2. The van der Waals surface area contributed by atoms with E-state index in [1.165, 1.54) is 0 Å². The Balaban J connectivity index is 2.43. The third kappa shape index (κ3) is 5.52. The molecule has 0 atom stereocenters. The van der Waals surface area contributed by atoms with Crippen molar-refractivity contribution >= 4 is 18.2 Å². The second-order valence-corrected chi connectivity index (χ2v) is 14.4. The Kier molecular flexibility index (Phi) is 6.42. The molecule has 0 heterocycles. The molecule has 0 aliphatic heterocycles. The summed E-state index contributed by atoms with van der Waals surface area (Å²) in [7, 11) is -4.89. The molecular weight excluding hydrogens is 312 g/mol. The summed E-state index contributed by atoms with van der Waals surface area (Å²) >= 11 is 0. The molecule has 0 aliphatic carbocycles. The van der Waals surface area contributed by atoms with E-state index < -0.39 is 18.2 Å². The van der Waals surface area contributed by atoms with Gasteiger partial charge in [0.05, 0.1) is 10.6 Å². The average Bonchev–Trinajstić information content (AvgIpc) is 2.37. The number of benzene rings is 1. The van der Waals surface area contributed by atoms with Crippen LogP contribution in [0.15, 0.2) is 29.2 Å². The standard InChI is InChI=1S/C17H30O3SSi/c1-15-9-11-16(12-10-15)21(18,19)14-8-7-13-20-22(5,6)17(2,3)4/h9-12H,7-8,13-14H2,1-6H3. The Labute approximate surface area is 137 Å². The summed E-state index contributed by atoms with van der Waals surface area (Å²) in [4.78, 5) is 0.420. The molecule has 0 aliphatic rings. The number of hydrogen-bond acceptors (Lipinski definition) is 3. The molecule has 0 spiro atoms. The van der Waals surface area contributed by atoms with Crippen LogP contribution < -0.4 is 0 Å². The predicted molar refractivity (Wildman–Crippen MR) is 95.6 cm³/mol. The van der Waals surface area contributed by atoms with Crippen molar-refractivity contribution < 1.29 is 12.8 Å². The Morgan fingerprint density at radius 1 is 1.05 bits per heavy atom. The lowest BCUT2D eigenvalue weighted by Gasteiger charge is -2.36. The van der Waals surface area contributed by atoms with Crippen LogP contribution in [0.5, 0.6) is 0 Å². The van der Waals surface area contributed by atoms with Gasteiger partial charge in [-0.05, 0) is 50.0 Å². The Hall–Kier alpha value is -0.653. The predicted octanol–water partition coefficient (Wildman–Crippen LogP) is 4.57. The highest BCUT2D eigenvalue weighted by atomic mass is 32.2. The van der Waals surface area contributed by atoms with Crippen LogP contribution in [0.4, 0.5) is 0 Å². The van der Waals surface area contributed by atoms with E-state index in [-0.39, 0.29) is 10.8 Å². The first kappa shape index (κ1) is 19.4. The van der Waals surface area contributed by atoms with Crippen molar-refractivity contribution in [2.24, 2.45) is 0 Å². The molecule has 0 aromatic heterocycles. The van der Waals surface area contributed by atoms with Gasteiger partial charge in [0.1, 0.15) is 0 Å². The minimum atomic E-state index is -3.17. The number of rotatable bonds is 7. The van der Waals surface area contributed by atoms with Crippen LogP contribution in [0.3, 0.4) is 0 Å². The summed E-state index contributed by atoms with van der Waals surface area (Å²) in [5.41, 5.74) is 1.07. The molecule has 1 aromatic rings. The van der Waals surface area contributed by atoms with Crippen LogP contribution in [0, 0.1) is 6.92 Å². The first-order chi connectivity index (χ1) is 9.96. The molecule has 0 N–H and O–H groups in total. The third-order valence-corrected chi connectivity index (χ3v) is 10.8. The number of aryl methyl sites for hydroxylation is 1. The topological polar surface area (TPSA) is 43.4 Å². The Morgan fingerprint density at radius 2 is 1.59 bits per heavy atom. The molecular formula is C17H30O3SSi. The van der Waals surface area contributed by atoms with Gasteiger partial charge >= 0.3 is 0 Å². The van der Waals surface area contributed by atoms with E-state index in [1.807, 2.05) is 19.1 Å². The van der Waals surface area contributed by atoms with Gasteiger partial charge < -0.3 is 4.43 Å². The Morgan fingerprint density at radius 3 is 2.09 bits per heavy atom. The van der Waals surface area contributed by atoms with Crippen molar-refractivity contribution in [1.82, 2.24) is 0 Å². The van der Waals surface area contributed by atoms with Crippen LogP contribution >= 0.6 is 0 Å². The van der Waals surface area contributed by atoms with E-state index in [1.54, 1.807) is 12.1 Å². The molecule has 0 saturated carbocycles. The van der Waals surface area contributed by atoms with Gasteiger partial charge in [0.25, 0.3) is 0 Å². The smallest absolute Gasteiger partial charge is 0.191 e. The lowest BCUT2D eigenvalue weighted by Crippen LogP contribution is -2.41. The van der Waals surface area contributed by atoms with Crippen molar-refractivity contribution in [3.63, 3.8) is 0 Å². The van der Waals surface area contributed by atoms with Gasteiger partial charge in [-0.15, -0.1) is 0 Å². The summed E-state index contributed by atoms with van der Waals surface area (Å²) in [5, 5.41) is 0.195. The SMILES string of the molecule is Cc1ccc(S(=O)(=O)CCCCO[Si](C)(C)C(C)(C)C)cc1. The summed E-state index contributed by atoms with van der Waals surface area (Å²) in [6, 6.07) is 7.06. The normalized spacial score (nSPS) is 13.4. The van der Waals surface area contributed by atoms with Crippen molar-refractivity contribution in [3.05, 3.63) is 29.8 Å². The van der Waals surface area contributed by atoms with Crippen LogP contribution in [-0.4, -0.2) is 29.1 Å². The summed E-state index contributed by atoms with van der Waals surface area (Å²) in [6.07, 6.45) is 1.43. The first-order valence-electron chi connectivity index (χ1n) is 7.89. The molecule has 22 heavy (non-hydrogen) atoms. The number of hydrogen-bond donors (Lipinski definition) is 0. The fourth-order valence-corrected chi connectivity index (χ4v) is 4.26. The minimum absolute atomic E-state index is 0.191. The van der Waals surface area contributed by atoms with E-state index in [2.05, 4.69) is 33.9 Å². The van der Waals surface area contributed by atoms with Crippen molar-refractivity contribution in [1.29, 1.82) is 0 Å². The highest BCUT2D eigenvalue weighted by Crippen LogP contribution is 2.36. The van der Waals surface area contributed by atoms with Crippen LogP contribution in [-0.2, 0) is 14.3 Å². The van der Waals surface area contributed by atoms with E-state index in [0.29, 0.717) is 17.9 Å². The van der Waals surface area contributed by atoms with Gasteiger partial charge in [-0.3, -0.25) is 0 Å². The van der Waals surface area contributed by atoms with Gasteiger partial charge in [0.2, 0.25) is 0 Å². The molecule has 0 saturated heterocycles. The molecule has 0 bridgehead atoms. The van der Waals surface area contributed by atoms with Crippen LogP contribution in [0.2, 0.25) is 18.1 Å².